The largest absolute Gasteiger partial charge is 0.346 e. The molecule has 0 bridgehead atoms. The zero-order valence-corrected chi connectivity index (χ0v) is 17.6. The maximum atomic E-state index is 12.8. The van der Waals surface area contributed by atoms with Crippen LogP contribution in [0.4, 0.5) is 5.69 Å². The van der Waals surface area contributed by atoms with E-state index in [0.29, 0.717) is 23.0 Å². The Kier molecular flexibility index (Phi) is 5.36. The van der Waals surface area contributed by atoms with Gasteiger partial charge in [-0.05, 0) is 55.7 Å². The van der Waals surface area contributed by atoms with Crippen LogP contribution in [0.5, 0.6) is 0 Å². The number of amides is 1. The van der Waals surface area contributed by atoms with Crippen LogP contribution in [0, 0.1) is 0 Å². The van der Waals surface area contributed by atoms with Gasteiger partial charge in [0.25, 0.3) is 15.9 Å². The van der Waals surface area contributed by atoms with Crippen molar-refractivity contribution in [3.05, 3.63) is 58.6 Å². The molecule has 2 aliphatic rings. The molecule has 4 rings (SSSR count). The first kappa shape index (κ1) is 19.9. The van der Waals surface area contributed by atoms with Gasteiger partial charge in [-0.15, -0.1) is 4.40 Å². The number of benzene rings is 2. The van der Waals surface area contributed by atoms with Crippen molar-refractivity contribution in [3.63, 3.8) is 0 Å². The monoisotopic (exact) mass is 431 g/mol. The third-order valence-electron chi connectivity index (χ3n) is 5.31. The van der Waals surface area contributed by atoms with Gasteiger partial charge in [-0.1, -0.05) is 30.2 Å². The van der Waals surface area contributed by atoms with Crippen molar-refractivity contribution in [3.8, 4) is 0 Å². The maximum absolute atomic E-state index is 12.8. The normalized spacial score (nSPS) is 18.7. The number of carbonyl (C=O) groups is 1. The van der Waals surface area contributed by atoms with Crippen LogP contribution >= 0.6 is 11.6 Å². The lowest BCUT2D eigenvalue weighted by Crippen LogP contribution is -2.35. The lowest BCUT2D eigenvalue weighted by Gasteiger charge is -2.29. The number of halogens is 1. The molecule has 2 aromatic rings. The SMILES string of the molecule is C[C@H](NC(=O)c1ccc2c(c1)S(=O)(=O)N=C1CCCCCN12)c1cccc(Cl)c1. The van der Waals surface area contributed by atoms with E-state index in [2.05, 4.69) is 9.71 Å². The molecule has 2 heterocycles. The van der Waals surface area contributed by atoms with E-state index in [0.717, 1.165) is 31.4 Å². The standard InChI is InChI=1S/C21H22ClN3O3S/c1-14(15-6-5-7-17(22)12-15)23-21(26)16-9-10-18-19(13-16)29(27,28)24-20-8-3-2-4-11-25(18)20/h5-7,9-10,12-14H,2-4,8,11H2,1H3,(H,23,26)/t14-/m0/s1. The highest BCUT2D eigenvalue weighted by Gasteiger charge is 2.32. The van der Waals surface area contributed by atoms with Gasteiger partial charge in [0.15, 0.2) is 0 Å². The highest BCUT2D eigenvalue weighted by Crippen LogP contribution is 2.35. The third kappa shape index (κ3) is 4.02. The molecule has 1 N–H and O–H groups in total. The Bertz CT molecular complexity index is 1100. The zero-order chi connectivity index (χ0) is 20.6. The second-order valence-electron chi connectivity index (χ2n) is 7.38. The highest BCUT2D eigenvalue weighted by molar-refractivity contribution is 7.90. The van der Waals surface area contributed by atoms with Crippen molar-refractivity contribution in [2.24, 2.45) is 4.40 Å². The van der Waals surface area contributed by atoms with Crippen LogP contribution in [0.15, 0.2) is 51.8 Å². The molecule has 152 valence electrons. The van der Waals surface area contributed by atoms with E-state index in [1.54, 1.807) is 24.3 Å². The van der Waals surface area contributed by atoms with Crippen LogP contribution < -0.4 is 10.2 Å². The molecule has 0 unspecified atom stereocenters. The third-order valence-corrected chi connectivity index (χ3v) is 6.88. The summed E-state index contributed by atoms with van der Waals surface area (Å²) in [7, 11) is -3.82. The fourth-order valence-corrected chi connectivity index (χ4v) is 5.24. The van der Waals surface area contributed by atoms with Gasteiger partial charge >= 0.3 is 0 Å². The minimum Gasteiger partial charge on any atom is -0.346 e. The summed E-state index contributed by atoms with van der Waals surface area (Å²) in [6, 6.07) is 11.8. The molecule has 2 aliphatic heterocycles. The summed E-state index contributed by atoms with van der Waals surface area (Å²) >= 11 is 6.02. The predicted octanol–water partition coefficient (Wildman–Crippen LogP) is 4.31. The molecule has 2 aromatic carbocycles. The number of amidine groups is 1. The van der Waals surface area contributed by atoms with Crippen molar-refractivity contribution >= 4 is 39.1 Å². The number of carbonyl (C=O) groups excluding carboxylic acids is 1. The van der Waals surface area contributed by atoms with Crippen LogP contribution in [0.25, 0.3) is 0 Å². The number of fused-ring (bicyclic) bond motifs is 3. The van der Waals surface area contributed by atoms with Crippen LogP contribution in [0.2, 0.25) is 5.02 Å². The predicted molar refractivity (Wildman–Crippen MR) is 114 cm³/mol. The molecule has 6 nitrogen and oxygen atoms in total. The second kappa shape index (κ2) is 7.80. The summed E-state index contributed by atoms with van der Waals surface area (Å²) in [5.41, 5.74) is 1.77. The molecule has 0 spiro atoms. The molecule has 0 radical (unpaired) electrons. The summed E-state index contributed by atoms with van der Waals surface area (Å²) in [6.07, 6.45) is 3.62. The van der Waals surface area contributed by atoms with Gasteiger partial charge < -0.3 is 10.2 Å². The van der Waals surface area contributed by atoms with Crippen molar-refractivity contribution in [2.45, 2.75) is 43.5 Å². The van der Waals surface area contributed by atoms with Gasteiger partial charge in [0.2, 0.25) is 0 Å². The summed E-state index contributed by atoms with van der Waals surface area (Å²) < 4.78 is 29.5. The first-order valence-electron chi connectivity index (χ1n) is 9.67. The Labute approximate surface area is 175 Å². The van der Waals surface area contributed by atoms with E-state index in [1.807, 2.05) is 24.0 Å². The van der Waals surface area contributed by atoms with E-state index in [4.69, 9.17) is 11.6 Å². The molecule has 1 fully saturated rings. The number of anilines is 1. The smallest absolute Gasteiger partial charge is 0.286 e. The van der Waals surface area contributed by atoms with Gasteiger partial charge in [-0.25, -0.2) is 0 Å². The minimum absolute atomic E-state index is 0.0891. The van der Waals surface area contributed by atoms with Crippen LogP contribution in [0.3, 0.4) is 0 Å². The lowest BCUT2D eigenvalue weighted by molar-refractivity contribution is 0.0939. The number of nitrogens with zero attached hydrogens (tertiary/aromatic N) is 2. The molecule has 1 amide bonds. The van der Waals surface area contributed by atoms with E-state index < -0.39 is 10.0 Å². The summed E-state index contributed by atoms with van der Waals surface area (Å²) in [4.78, 5) is 14.8. The van der Waals surface area contributed by atoms with Crippen molar-refractivity contribution in [1.82, 2.24) is 5.32 Å². The van der Waals surface area contributed by atoms with Gasteiger partial charge in [-0.3, -0.25) is 4.79 Å². The average Bonchev–Trinajstić information content (AvgIpc) is 2.92. The lowest BCUT2D eigenvalue weighted by atomic mass is 10.1. The molecule has 29 heavy (non-hydrogen) atoms. The van der Waals surface area contributed by atoms with Gasteiger partial charge in [0.05, 0.1) is 11.7 Å². The first-order chi connectivity index (χ1) is 13.8. The Balaban J connectivity index is 1.62. The number of hydrogen-bond acceptors (Lipinski definition) is 4. The first-order valence-corrected chi connectivity index (χ1v) is 11.5. The number of rotatable bonds is 3. The Morgan fingerprint density at radius 2 is 2.00 bits per heavy atom. The minimum atomic E-state index is -3.82. The van der Waals surface area contributed by atoms with Crippen molar-refractivity contribution in [1.29, 1.82) is 0 Å². The molecule has 8 heteroatoms. The Hall–Kier alpha value is -2.38. The van der Waals surface area contributed by atoms with E-state index in [1.165, 1.54) is 6.07 Å². The van der Waals surface area contributed by atoms with Gasteiger partial charge in [-0.2, -0.15) is 8.42 Å². The average molecular weight is 432 g/mol. The molecule has 1 atom stereocenters. The van der Waals surface area contributed by atoms with Crippen LogP contribution in [-0.2, 0) is 10.0 Å². The van der Waals surface area contributed by atoms with Crippen molar-refractivity contribution in [2.75, 3.05) is 11.4 Å². The van der Waals surface area contributed by atoms with Crippen LogP contribution in [0.1, 0.15) is 54.6 Å². The Morgan fingerprint density at radius 1 is 1.17 bits per heavy atom. The molecule has 0 aliphatic carbocycles. The molecule has 1 saturated heterocycles. The molecule has 0 aromatic heterocycles. The van der Waals surface area contributed by atoms with E-state index in [-0.39, 0.29) is 22.4 Å². The van der Waals surface area contributed by atoms with E-state index in [9.17, 15) is 13.2 Å². The summed E-state index contributed by atoms with van der Waals surface area (Å²) in [5.74, 6) is 0.253. The quantitative estimate of drug-likeness (QED) is 0.785. The molecule has 0 saturated carbocycles. The number of nitrogens with one attached hydrogen (secondary N) is 1. The van der Waals surface area contributed by atoms with E-state index >= 15 is 0 Å². The van der Waals surface area contributed by atoms with Gasteiger partial charge in [0.1, 0.15) is 10.7 Å². The topological polar surface area (TPSA) is 78.8 Å². The van der Waals surface area contributed by atoms with Crippen LogP contribution in [-0.4, -0.2) is 26.7 Å². The summed E-state index contributed by atoms with van der Waals surface area (Å²) in [6.45, 7) is 2.59. The second-order valence-corrected chi connectivity index (χ2v) is 9.39. The summed E-state index contributed by atoms with van der Waals surface area (Å²) in [5, 5.41) is 3.49. The Morgan fingerprint density at radius 3 is 2.79 bits per heavy atom. The maximum Gasteiger partial charge on any atom is 0.286 e. The number of sulfonamides is 1. The number of hydrogen-bond donors (Lipinski definition) is 1. The fraction of sp³-hybridized carbons (Fsp3) is 0.333. The fourth-order valence-electron chi connectivity index (χ4n) is 3.76. The highest BCUT2D eigenvalue weighted by atomic mass is 35.5. The van der Waals surface area contributed by atoms with Crippen molar-refractivity contribution < 1.29 is 13.2 Å². The molecular weight excluding hydrogens is 410 g/mol. The van der Waals surface area contributed by atoms with Gasteiger partial charge in [0, 0.05) is 23.6 Å². The molecular formula is C21H22ClN3O3S. The zero-order valence-electron chi connectivity index (χ0n) is 16.1.